The number of hydrogen-bond donors (Lipinski definition) is 1. The molecule has 2 rings (SSSR count). The minimum Gasteiger partial charge on any atom is -0.310 e. The van der Waals surface area contributed by atoms with Crippen LogP contribution in [-0.2, 0) is 6.54 Å². The van der Waals surface area contributed by atoms with Crippen molar-refractivity contribution in [2.45, 2.75) is 26.4 Å². The molecule has 0 amide bonds. The first-order valence-electron chi connectivity index (χ1n) is 5.68. The number of halogens is 1. The summed E-state index contributed by atoms with van der Waals surface area (Å²) in [5.74, 6) is -0.265. The van der Waals surface area contributed by atoms with Gasteiger partial charge in [0.05, 0.1) is 6.20 Å². The van der Waals surface area contributed by atoms with E-state index in [1.807, 2.05) is 6.20 Å². The van der Waals surface area contributed by atoms with Crippen LogP contribution in [0.5, 0.6) is 0 Å². The molecule has 0 atom stereocenters. The van der Waals surface area contributed by atoms with Gasteiger partial charge < -0.3 is 5.32 Å². The summed E-state index contributed by atoms with van der Waals surface area (Å²) in [4.78, 5) is 0. The fourth-order valence-electron chi connectivity index (χ4n) is 1.54. The van der Waals surface area contributed by atoms with Crippen LogP contribution in [0.15, 0.2) is 36.7 Å². The molecule has 2 aromatic rings. The van der Waals surface area contributed by atoms with Gasteiger partial charge in [0.2, 0.25) is 0 Å². The van der Waals surface area contributed by atoms with E-state index in [0.29, 0.717) is 11.7 Å². The third-order valence-electron chi connectivity index (χ3n) is 2.45. The minimum absolute atomic E-state index is 0.265. The van der Waals surface area contributed by atoms with Gasteiger partial charge in [-0.05, 0) is 12.1 Å². The lowest BCUT2D eigenvalue weighted by Gasteiger charge is -2.05. The average molecular weight is 233 g/mol. The second kappa shape index (κ2) is 5.10. The van der Waals surface area contributed by atoms with Crippen molar-refractivity contribution in [1.29, 1.82) is 0 Å². The summed E-state index contributed by atoms with van der Waals surface area (Å²) < 4.78 is 15.1. The van der Waals surface area contributed by atoms with Crippen LogP contribution in [0.3, 0.4) is 0 Å². The molecule has 90 valence electrons. The summed E-state index contributed by atoms with van der Waals surface area (Å²) in [6, 6.07) is 7.03. The minimum atomic E-state index is -0.265. The number of benzene rings is 1. The molecule has 0 aliphatic carbocycles. The first-order chi connectivity index (χ1) is 8.16. The molecular formula is C13H16FN3. The van der Waals surface area contributed by atoms with E-state index < -0.39 is 0 Å². The van der Waals surface area contributed by atoms with Crippen LogP contribution in [0, 0.1) is 5.82 Å². The SMILES string of the molecule is CC(C)NCc1cnn(-c2ccccc2F)c1. The van der Waals surface area contributed by atoms with E-state index in [1.54, 1.807) is 29.1 Å². The molecule has 0 spiro atoms. The van der Waals surface area contributed by atoms with Crippen molar-refractivity contribution in [2.24, 2.45) is 0 Å². The van der Waals surface area contributed by atoms with Crippen LogP contribution in [0.2, 0.25) is 0 Å². The Morgan fingerprint density at radius 2 is 2.12 bits per heavy atom. The zero-order chi connectivity index (χ0) is 12.3. The largest absolute Gasteiger partial charge is 0.310 e. The molecule has 0 aliphatic rings. The fraction of sp³-hybridized carbons (Fsp3) is 0.308. The normalized spacial score (nSPS) is 11.1. The maximum absolute atomic E-state index is 13.5. The summed E-state index contributed by atoms with van der Waals surface area (Å²) in [6.07, 6.45) is 3.59. The summed E-state index contributed by atoms with van der Waals surface area (Å²) in [7, 11) is 0. The van der Waals surface area contributed by atoms with Gasteiger partial charge in [-0.1, -0.05) is 26.0 Å². The highest BCUT2D eigenvalue weighted by Gasteiger charge is 2.05. The third-order valence-corrected chi connectivity index (χ3v) is 2.45. The Bertz CT molecular complexity index is 491. The van der Waals surface area contributed by atoms with Crippen molar-refractivity contribution >= 4 is 0 Å². The van der Waals surface area contributed by atoms with Gasteiger partial charge in [0.15, 0.2) is 0 Å². The summed E-state index contributed by atoms with van der Waals surface area (Å²) in [5.41, 5.74) is 1.52. The molecule has 0 aliphatic heterocycles. The predicted octanol–water partition coefficient (Wildman–Crippen LogP) is 2.51. The van der Waals surface area contributed by atoms with E-state index in [0.717, 1.165) is 12.1 Å². The molecule has 1 heterocycles. The molecule has 1 aromatic heterocycles. The monoisotopic (exact) mass is 233 g/mol. The molecule has 4 heteroatoms. The van der Waals surface area contributed by atoms with Crippen molar-refractivity contribution in [3.63, 3.8) is 0 Å². The Hall–Kier alpha value is -1.68. The van der Waals surface area contributed by atoms with E-state index in [-0.39, 0.29) is 5.82 Å². The van der Waals surface area contributed by atoms with Crippen LogP contribution < -0.4 is 5.32 Å². The molecule has 0 fully saturated rings. The Morgan fingerprint density at radius 3 is 2.82 bits per heavy atom. The quantitative estimate of drug-likeness (QED) is 0.879. The molecule has 1 aromatic carbocycles. The van der Waals surface area contributed by atoms with Crippen LogP contribution in [0.1, 0.15) is 19.4 Å². The summed E-state index contributed by atoms with van der Waals surface area (Å²) in [5, 5.41) is 7.46. The highest BCUT2D eigenvalue weighted by molar-refractivity contribution is 5.32. The molecule has 0 radical (unpaired) electrons. The number of nitrogens with one attached hydrogen (secondary N) is 1. The van der Waals surface area contributed by atoms with Gasteiger partial charge in [-0.3, -0.25) is 0 Å². The standard InChI is InChI=1S/C13H16FN3/c1-10(2)15-7-11-8-16-17(9-11)13-6-4-3-5-12(13)14/h3-6,8-10,15H,7H2,1-2H3. The van der Waals surface area contributed by atoms with Crippen LogP contribution >= 0.6 is 0 Å². The first kappa shape index (κ1) is 11.8. The van der Waals surface area contributed by atoms with E-state index >= 15 is 0 Å². The van der Waals surface area contributed by atoms with Gasteiger partial charge in [-0.15, -0.1) is 0 Å². The second-order valence-corrected chi connectivity index (χ2v) is 4.28. The van der Waals surface area contributed by atoms with E-state index in [1.165, 1.54) is 6.07 Å². The molecule has 0 saturated heterocycles. The Balaban J connectivity index is 2.16. The number of aromatic nitrogens is 2. The van der Waals surface area contributed by atoms with Gasteiger partial charge in [0.1, 0.15) is 11.5 Å². The topological polar surface area (TPSA) is 29.9 Å². The molecule has 0 saturated carbocycles. The number of hydrogen-bond acceptors (Lipinski definition) is 2. The lowest BCUT2D eigenvalue weighted by atomic mass is 10.3. The van der Waals surface area contributed by atoms with E-state index in [2.05, 4.69) is 24.3 Å². The summed E-state index contributed by atoms with van der Waals surface area (Å²) in [6.45, 7) is 4.91. The Morgan fingerprint density at radius 1 is 1.35 bits per heavy atom. The lowest BCUT2D eigenvalue weighted by Crippen LogP contribution is -2.21. The molecule has 17 heavy (non-hydrogen) atoms. The van der Waals surface area contributed by atoms with E-state index in [9.17, 15) is 4.39 Å². The molecule has 3 nitrogen and oxygen atoms in total. The van der Waals surface area contributed by atoms with Crippen LogP contribution in [0.4, 0.5) is 4.39 Å². The molecule has 1 N–H and O–H groups in total. The highest BCUT2D eigenvalue weighted by atomic mass is 19.1. The van der Waals surface area contributed by atoms with Gasteiger partial charge in [-0.2, -0.15) is 5.10 Å². The Kier molecular flexibility index (Phi) is 3.54. The number of rotatable bonds is 4. The smallest absolute Gasteiger partial charge is 0.148 e. The second-order valence-electron chi connectivity index (χ2n) is 4.28. The lowest BCUT2D eigenvalue weighted by molar-refractivity contribution is 0.588. The highest BCUT2D eigenvalue weighted by Crippen LogP contribution is 2.12. The van der Waals surface area contributed by atoms with Crippen molar-refractivity contribution in [3.8, 4) is 5.69 Å². The van der Waals surface area contributed by atoms with Crippen molar-refractivity contribution in [3.05, 3.63) is 48.0 Å². The molecule has 0 bridgehead atoms. The summed E-state index contributed by atoms with van der Waals surface area (Å²) >= 11 is 0. The van der Waals surface area contributed by atoms with Gasteiger partial charge >= 0.3 is 0 Å². The third kappa shape index (κ3) is 2.91. The Labute approximate surface area is 100 Å². The number of para-hydroxylation sites is 1. The van der Waals surface area contributed by atoms with Crippen molar-refractivity contribution in [2.75, 3.05) is 0 Å². The van der Waals surface area contributed by atoms with Crippen molar-refractivity contribution < 1.29 is 4.39 Å². The molecular weight excluding hydrogens is 217 g/mol. The predicted molar refractivity (Wildman–Crippen MR) is 65.5 cm³/mol. The van der Waals surface area contributed by atoms with Crippen LogP contribution in [0.25, 0.3) is 5.69 Å². The van der Waals surface area contributed by atoms with Crippen molar-refractivity contribution in [1.82, 2.24) is 15.1 Å². The van der Waals surface area contributed by atoms with Gasteiger partial charge in [0.25, 0.3) is 0 Å². The van der Waals surface area contributed by atoms with E-state index in [4.69, 9.17) is 0 Å². The zero-order valence-electron chi connectivity index (χ0n) is 10.0. The fourth-order valence-corrected chi connectivity index (χ4v) is 1.54. The molecule has 0 unspecified atom stereocenters. The first-order valence-corrected chi connectivity index (χ1v) is 5.68. The zero-order valence-corrected chi connectivity index (χ0v) is 10.0. The average Bonchev–Trinajstić information content (AvgIpc) is 2.75. The number of nitrogens with zero attached hydrogens (tertiary/aromatic N) is 2. The van der Waals surface area contributed by atoms with Gasteiger partial charge in [0, 0.05) is 24.3 Å². The van der Waals surface area contributed by atoms with Crippen LogP contribution in [-0.4, -0.2) is 15.8 Å². The van der Waals surface area contributed by atoms with Gasteiger partial charge in [-0.25, -0.2) is 9.07 Å². The maximum Gasteiger partial charge on any atom is 0.148 e. The maximum atomic E-state index is 13.5.